The molecule has 1 amide bonds. The van der Waals surface area contributed by atoms with Crippen molar-refractivity contribution in [3.63, 3.8) is 0 Å². The smallest absolute Gasteiger partial charge is 0.335 e. The van der Waals surface area contributed by atoms with Crippen molar-refractivity contribution in [3.05, 3.63) is 93.5 Å². The van der Waals surface area contributed by atoms with Crippen LogP contribution in [0, 0.1) is 20.8 Å². The predicted octanol–water partition coefficient (Wildman–Crippen LogP) is 6.82. The number of amides is 1. The van der Waals surface area contributed by atoms with Gasteiger partial charge in [-0.2, -0.15) is 0 Å². The SMILES string of the molecule is Cc1ccc(-c2nc(C)c(C(=O)NCc3cc(-c4ccc(C)c(C(=O)O)c4)ccc3OC(C)C)s2)cc1. The van der Waals surface area contributed by atoms with Crippen molar-refractivity contribution in [2.45, 2.75) is 47.3 Å². The van der Waals surface area contributed by atoms with E-state index in [1.54, 1.807) is 19.1 Å². The number of carbonyl (C=O) groups excluding carboxylic acids is 1. The molecule has 190 valence electrons. The second kappa shape index (κ2) is 11.0. The van der Waals surface area contributed by atoms with Gasteiger partial charge in [-0.25, -0.2) is 9.78 Å². The first kappa shape index (κ1) is 26.1. The average Bonchev–Trinajstić information content (AvgIpc) is 3.25. The van der Waals surface area contributed by atoms with Crippen molar-refractivity contribution in [3.8, 4) is 27.4 Å². The van der Waals surface area contributed by atoms with Gasteiger partial charge in [0.1, 0.15) is 15.6 Å². The number of carboxylic acids is 1. The van der Waals surface area contributed by atoms with Crippen molar-refractivity contribution in [1.82, 2.24) is 10.3 Å². The summed E-state index contributed by atoms with van der Waals surface area (Å²) in [5, 5.41) is 13.4. The zero-order chi connectivity index (χ0) is 26.7. The number of aromatic nitrogens is 1. The van der Waals surface area contributed by atoms with Gasteiger partial charge in [-0.15, -0.1) is 11.3 Å². The first-order valence-corrected chi connectivity index (χ1v) is 12.9. The number of aromatic carboxylic acids is 1. The number of nitrogens with one attached hydrogen (secondary N) is 1. The molecule has 0 fully saturated rings. The zero-order valence-electron chi connectivity index (χ0n) is 21.6. The van der Waals surface area contributed by atoms with Gasteiger partial charge >= 0.3 is 5.97 Å². The summed E-state index contributed by atoms with van der Waals surface area (Å²) in [7, 11) is 0. The molecular weight excluding hydrogens is 484 g/mol. The molecule has 0 unspecified atom stereocenters. The predicted molar refractivity (Wildman–Crippen MR) is 148 cm³/mol. The maximum atomic E-state index is 13.1. The lowest BCUT2D eigenvalue weighted by Gasteiger charge is -2.16. The van der Waals surface area contributed by atoms with E-state index in [2.05, 4.69) is 10.3 Å². The molecule has 0 saturated heterocycles. The molecule has 1 heterocycles. The van der Waals surface area contributed by atoms with Gasteiger partial charge in [0.25, 0.3) is 5.91 Å². The monoisotopic (exact) mass is 514 g/mol. The number of aryl methyl sites for hydroxylation is 3. The van der Waals surface area contributed by atoms with E-state index in [0.29, 0.717) is 21.9 Å². The van der Waals surface area contributed by atoms with E-state index in [0.717, 1.165) is 27.3 Å². The maximum Gasteiger partial charge on any atom is 0.335 e. The van der Waals surface area contributed by atoms with Crippen LogP contribution in [0.2, 0.25) is 0 Å². The lowest BCUT2D eigenvalue weighted by molar-refractivity contribution is 0.0695. The molecule has 4 rings (SSSR count). The lowest BCUT2D eigenvalue weighted by atomic mass is 9.98. The fourth-order valence-corrected chi connectivity index (χ4v) is 4.97. The van der Waals surface area contributed by atoms with Crippen LogP contribution in [0.1, 0.15) is 56.3 Å². The number of ether oxygens (including phenoxy) is 1. The van der Waals surface area contributed by atoms with Gasteiger partial charge in [0.15, 0.2) is 0 Å². The second-order valence-corrected chi connectivity index (χ2v) is 10.3. The van der Waals surface area contributed by atoms with Crippen LogP contribution < -0.4 is 10.1 Å². The third kappa shape index (κ3) is 6.06. The molecule has 0 aliphatic carbocycles. The van der Waals surface area contributed by atoms with E-state index >= 15 is 0 Å². The highest BCUT2D eigenvalue weighted by molar-refractivity contribution is 7.17. The van der Waals surface area contributed by atoms with Gasteiger partial charge in [-0.3, -0.25) is 4.79 Å². The van der Waals surface area contributed by atoms with Crippen LogP contribution in [0.25, 0.3) is 21.7 Å². The first-order chi connectivity index (χ1) is 17.6. The summed E-state index contributed by atoms with van der Waals surface area (Å²) in [6.07, 6.45) is -0.0425. The second-order valence-electron chi connectivity index (χ2n) is 9.31. The van der Waals surface area contributed by atoms with Crippen LogP contribution in [0.15, 0.2) is 60.7 Å². The van der Waals surface area contributed by atoms with E-state index in [1.165, 1.54) is 16.9 Å². The highest BCUT2D eigenvalue weighted by atomic mass is 32.1. The molecule has 37 heavy (non-hydrogen) atoms. The molecule has 2 N–H and O–H groups in total. The topological polar surface area (TPSA) is 88.5 Å². The number of nitrogens with zero attached hydrogens (tertiary/aromatic N) is 1. The molecule has 6 nitrogen and oxygen atoms in total. The standard InChI is InChI=1S/C30H30N2O4S/c1-17(2)36-26-13-12-22(23-11-8-19(4)25(15-23)30(34)35)14-24(26)16-31-28(33)27-20(5)32-29(37-27)21-9-6-18(3)7-10-21/h6-15,17H,16H2,1-5H3,(H,31,33)(H,34,35). The van der Waals surface area contributed by atoms with E-state index in [4.69, 9.17) is 4.74 Å². The van der Waals surface area contributed by atoms with E-state index < -0.39 is 5.97 Å². The van der Waals surface area contributed by atoms with E-state index in [9.17, 15) is 14.7 Å². The Morgan fingerprint density at radius 1 is 0.946 bits per heavy atom. The number of carbonyl (C=O) groups is 2. The van der Waals surface area contributed by atoms with Crippen LogP contribution in [-0.4, -0.2) is 28.1 Å². The normalized spacial score (nSPS) is 11.0. The molecule has 0 aliphatic rings. The highest BCUT2D eigenvalue weighted by Crippen LogP contribution is 2.30. The van der Waals surface area contributed by atoms with Crippen molar-refractivity contribution in [2.24, 2.45) is 0 Å². The maximum absolute atomic E-state index is 13.1. The Morgan fingerprint density at radius 2 is 1.59 bits per heavy atom. The molecule has 0 spiro atoms. The number of carboxylic acid groups (broad SMARTS) is 1. The van der Waals surface area contributed by atoms with Gasteiger partial charge in [0.2, 0.25) is 0 Å². The first-order valence-electron chi connectivity index (χ1n) is 12.1. The Balaban J connectivity index is 1.59. The Morgan fingerprint density at radius 3 is 2.27 bits per heavy atom. The quantitative estimate of drug-likeness (QED) is 0.269. The summed E-state index contributed by atoms with van der Waals surface area (Å²) < 4.78 is 6.00. The average molecular weight is 515 g/mol. The molecule has 0 atom stereocenters. The minimum atomic E-state index is -0.962. The Hall–Kier alpha value is -3.97. The molecule has 0 aliphatic heterocycles. The number of thiazole rings is 1. The summed E-state index contributed by atoms with van der Waals surface area (Å²) in [5.41, 5.74) is 6.24. The Labute approximate surface area is 221 Å². The van der Waals surface area contributed by atoms with Gasteiger partial charge in [-0.1, -0.05) is 48.0 Å². The van der Waals surface area contributed by atoms with Crippen LogP contribution >= 0.6 is 11.3 Å². The van der Waals surface area contributed by atoms with Crippen molar-refractivity contribution in [2.75, 3.05) is 0 Å². The molecule has 3 aromatic carbocycles. The molecule has 1 aromatic heterocycles. The third-order valence-electron chi connectivity index (χ3n) is 5.97. The number of rotatable bonds is 8. The molecular formula is C30H30N2O4S. The van der Waals surface area contributed by atoms with Gasteiger partial charge in [0, 0.05) is 17.7 Å². The number of benzene rings is 3. The summed E-state index contributed by atoms with van der Waals surface area (Å²) in [5.74, 6) is -0.486. The molecule has 7 heteroatoms. The van der Waals surface area contributed by atoms with Gasteiger partial charge < -0.3 is 15.2 Å². The number of hydrogen-bond acceptors (Lipinski definition) is 5. The highest BCUT2D eigenvalue weighted by Gasteiger charge is 2.18. The molecule has 4 aromatic rings. The summed E-state index contributed by atoms with van der Waals surface area (Å²) >= 11 is 1.37. The van der Waals surface area contributed by atoms with E-state index in [1.807, 2.05) is 76.2 Å². The zero-order valence-corrected chi connectivity index (χ0v) is 22.4. The van der Waals surface area contributed by atoms with Crippen molar-refractivity contribution in [1.29, 1.82) is 0 Å². The number of hydrogen-bond donors (Lipinski definition) is 2. The molecule has 0 radical (unpaired) electrons. The third-order valence-corrected chi connectivity index (χ3v) is 7.17. The van der Waals surface area contributed by atoms with Crippen LogP contribution in [0.3, 0.4) is 0 Å². The summed E-state index contributed by atoms with van der Waals surface area (Å²) in [6, 6.07) is 19.2. The van der Waals surface area contributed by atoms with Crippen LogP contribution in [0.4, 0.5) is 0 Å². The Kier molecular flexibility index (Phi) is 7.74. The van der Waals surface area contributed by atoms with Crippen molar-refractivity contribution >= 4 is 23.2 Å². The van der Waals surface area contributed by atoms with Gasteiger partial charge in [0.05, 0.1) is 17.4 Å². The van der Waals surface area contributed by atoms with E-state index in [-0.39, 0.29) is 24.1 Å². The van der Waals surface area contributed by atoms with Gasteiger partial charge in [-0.05, 0) is 69.5 Å². The summed E-state index contributed by atoms with van der Waals surface area (Å²) in [6.45, 7) is 9.80. The molecule has 0 bridgehead atoms. The fraction of sp³-hybridized carbons (Fsp3) is 0.233. The molecule has 0 saturated carbocycles. The Bertz CT molecular complexity index is 1460. The lowest BCUT2D eigenvalue weighted by Crippen LogP contribution is -2.23. The minimum absolute atomic E-state index is 0.0425. The van der Waals surface area contributed by atoms with Crippen molar-refractivity contribution < 1.29 is 19.4 Å². The fourth-order valence-electron chi connectivity index (χ4n) is 3.98. The summed E-state index contributed by atoms with van der Waals surface area (Å²) in [4.78, 5) is 29.9. The minimum Gasteiger partial charge on any atom is -0.491 e. The van der Waals surface area contributed by atoms with Crippen LogP contribution in [-0.2, 0) is 6.54 Å². The van der Waals surface area contributed by atoms with Crippen LogP contribution in [0.5, 0.6) is 5.75 Å². The largest absolute Gasteiger partial charge is 0.491 e.